The minimum atomic E-state index is -0.258. The molecule has 19 heavy (non-hydrogen) atoms. The molecule has 2 rings (SSSR count). The summed E-state index contributed by atoms with van der Waals surface area (Å²) in [6.45, 7) is 2.70. The standard InChI is InChI=1S/C15H18FNO2/c1-2-13(10-18)17-9-14-7-8-15(19-14)11-3-5-12(16)6-4-11/h3-8,13,17-18H,2,9-10H2,1H3/t13-/m0/s1. The van der Waals surface area contributed by atoms with Crippen LogP contribution in [-0.4, -0.2) is 17.8 Å². The maximum absolute atomic E-state index is 12.8. The number of aliphatic hydroxyl groups is 1. The number of aliphatic hydroxyl groups excluding tert-OH is 1. The molecule has 102 valence electrons. The summed E-state index contributed by atoms with van der Waals surface area (Å²) in [5.41, 5.74) is 0.849. The molecule has 0 bridgehead atoms. The molecule has 0 amide bonds. The molecule has 0 fully saturated rings. The van der Waals surface area contributed by atoms with E-state index < -0.39 is 0 Å². The van der Waals surface area contributed by atoms with E-state index in [1.807, 2.05) is 19.1 Å². The van der Waals surface area contributed by atoms with E-state index in [1.165, 1.54) is 12.1 Å². The first kappa shape index (κ1) is 13.8. The second kappa shape index (κ2) is 6.50. The molecule has 1 aromatic carbocycles. The van der Waals surface area contributed by atoms with Gasteiger partial charge in [-0.1, -0.05) is 6.92 Å². The summed E-state index contributed by atoms with van der Waals surface area (Å²) < 4.78 is 18.5. The van der Waals surface area contributed by atoms with E-state index in [0.717, 1.165) is 17.7 Å². The van der Waals surface area contributed by atoms with Crippen molar-refractivity contribution in [2.24, 2.45) is 0 Å². The molecule has 1 heterocycles. The van der Waals surface area contributed by atoms with Crippen molar-refractivity contribution < 1.29 is 13.9 Å². The third kappa shape index (κ3) is 3.66. The van der Waals surface area contributed by atoms with Gasteiger partial charge in [0.05, 0.1) is 13.2 Å². The summed E-state index contributed by atoms with van der Waals surface area (Å²) in [6.07, 6.45) is 0.863. The summed E-state index contributed by atoms with van der Waals surface area (Å²) >= 11 is 0. The van der Waals surface area contributed by atoms with Gasteiger partial charge in [-0.2, -0.15) is 0 Å². The molecule has 0 saturated carbocycles. The third-order valence-corrected chi connectivity index (χ3v) is 3.07. The normalized spacial score (nSPS) is 12.6. The van der Waals surface area contributed by atoms with Gasteiger partial charge in [0.25, 0.3) is 0 Å². The van der Waals surface area contributed by atoms with E-state index >= 15 is 0 Å². The molecular formula is C15H18FNO2. The van der Waals surface area contributed by atoms with E-state index in [1.54, 1.807) is 12.1 Å². The lowest BCUT2D eigenvalue weighted by atomic mass is 10.2. The molecule has 0 aliphatic rings. The molecule has 2 aromatic rings. The van der Waals surface area contributed by atoms with E-state index in [0.29, 0.717) is 12.3 Å². The van der Waals surface area contributed by atoms with Gasteiger partial charge in [-0.25, -0.2) is 4.39 Å². The molecular weight excluding hydrogens is 245 g/mol. The van der Waals surface area contributed by atoms with Crippen LogP contribution in [0.4, 0.5) is 4.39 Å². The Balaban J connectivity index is 2.01. The highest BCUT2D eigenvalue weighted by Gasteiger charge is 2.07. The largest absolute Gasteiger partial charge is 0.460 e. The molecule has 0 radical (unpaired) electrons. The highest BCUT2D eigenvalue weighted by molar-refractivity contribution is 5.57. The summed E-state index contributed by atoms with van der Waals surface area (Å²) in [6, 6.07) is 10.0. The molecule has 1 aromatic heterocycles. The van der Waals surface area contributed by atoms with Crippen molar-refractivity contribution in [2.45, 2.75) is 25.9 Å². The minimum absolute atomic E-state index is 0.0828. The Morgan fingerprint density at radius 1 is 1.21 bits per heavy atom. The smallest absolute Gasteiger partial charge is 0.134 e. The minimum Gasteiger partial charge on any atom is -0.460 e. The summed E-state index contributed by atoms with van der Waals surface area (Å²) in [4.78, 5) is 0. The monoisotopic (exact) mass is 263 g/mol. The van der Waals surface area contributed by atoms with Gasteiger partial charge in [0.1, 0.15) is 17.3 Å². The first-order valence-electron chi connectivity index (χ1n) is 6.41. The van der Waals surface area contributed by atoms with Crippen LogP contribution in [0.1, 0.15) is 19.1 Å². The Kier molecular flexibility index (Phi) is 4.71. The van der Waals surface area contributed by atoms with Crippen LogP contribution in [0.5, 0.6) is 0 Å². The molecule has 0 unspecified atom stereocenters. The maximum atomic E-state index is 12.8. The van der Waals surface area contributed by atoms with Crippen LogP contribution in [0.25, 0.3) is 11.3 Å². The molecule has 1 atom stereocenters. The Morgan fingerprint density at radius 2 is 1.95 bits per heavy atom. The van der Waals surface area contributed by atoms with E-state index in [9.17, 15) is 4.39 Å². The zero-order chi connectivity index (χ0) is 13.7. The Labute approximate surface area is 112 Å². The van der Waals surface area contributed by atoms with Crippen molar-refractivity contribution in [3.05, 3.63) is 48.0 Å². The second-order valence-corrected chi connectivity index (χ2v) is 4.44. The van der Waals surface area contributed by atoms with E-state index in [4.69, 9.17) is 9.52 Å². The van der Waals surface area contributed by atoms with Crippen LogP contribution in [0.15, 0.2) is 40.8 Å². The van der Waals surface area contributed by atoms with Crippen LogP contribution in [0.3, 0.4) is 0 Å². The van der Waals surface area contributed by atoms with Crippen LogP contribution in [0, 0.1) is 5.82 Å². The quantitative estimate of drug-likeness (QED) is 0.842. The fourth-order valence-corrected chi connectivity index (χ4v) is 1.83. The van der Waals surface area contributed by atoms with Gasteiger partial charge >= 0.3 is 0 Å². The van der Waals surface area contributed by atoms with Crippen molar-refractivity contribution >= 4 is 0 Å². The average Bonchev–Trinajstić information content (AvgIpc) is 2.89. The molecule has 2 N–H and O–H groups in total. The van der Waals surface area contributed by atoms with Gasteiger partial charge < -0.3 is 14.8 Å². The molecule has 0 aliphatic heterocycles. The lowest BCUT2D eigenvalue weighted by Gasteiger charge is -2.12. The lowest BCUT2D eigenvalue weighted by molar-refractivity contribution is 0.235. The Morgan fingerprint density at radius 3 is 2.58 bits per heavy atom. The van der Waals surface area contributed by atoms with Gasteiger partial charge in [-0.3, -0.25) is 0 Å². The summed E-state index contributed by atoms with van der Waals surface area (Å²) in [7, 11) is 0. The Hall–Kier alpha value is -1.65. The fourth-order valence-electron chi connectivity index (χ4n) is 1.83. The lowest BCUT2D eigenvalue weighted by Crippen LogP contribution is -2.30. The second-order valence-electron chi connectivity index (χ2n) is 4.44. The zero-order valence-corrected chi connectivity index (χ0v) is 10.9. The molecule has 0 aliphatic carbocycles. The predicted octanol–water partition coefficient (Wildman–Crippen LogP) is 2.95. The van der Waals surface area contributed by atoms with E-state index in [2.05, 4.69) is 5.32 Å². The summed E-state index contributed by atoms with van der Waals surface area (Å²) in [5, 5.41) is 12.3. The van der Waals surface area contributed by atoms with Crippen molar-refractivity contribution in [3.8, 4) is 11.3 Å². The number of halogens is 1. The van der Waals surface area contributed by atoms with Gasteiger partial charge in [0, 0.05) is 11.6 Å². The number of benzene rings is 1. The van der Waals surface area contributed by atoms with Crippen LogP contribution in [0.2, 0.25) is 0 Å². The predicted molar refractivity (Wildman–Crippen MR) is 72.1 cm³/mol. The van der Waals surface area contributed by atoms with Crippen molar-refractivity contribution in [3.63, 3.8) is 0 Å². The molecule has 4 heteroatoms. The van der Waals surface area contributed by atoms with Crippen LogP contribution in [-0.2, 0) is 6.54 Å². The molecule has 0 saturated heterocycles. The number of rotatable bonds is 6. The van der Waals surface area contributed by atoms with Crippen LogP contribution >= 0.6 is 0 Å². The SMILES string of the molecule is CC[C@@H](CO)NCc1ccc(-c2ccc(F)cc2)o1. The first-order chi connectivity index (χ1) is 9.22. The number of hydrogen-bond acceptors (Lipinski definition) is 3. The van der Waals surface area contributed by atoms with Crippen molar-refractivity contribution in [1.82, 2.24) is 5.32 Å². The molecule has 0 spiro atoms. The first-order valence-corrected chi connectivity index (χ1v) is 6.41. The average molecular weight is 263 g/mol. The topological polar surface area (TPSA) is 45.4 Å². The Bertz CT molecular complexity index is 503. The number of nitrogens with one attached hydrogen (secondary N) is 1. The third-order valence-electron chi connectivity index (χ3n) is 3.07. The van der Waals surface area contributed by atoms with E-state index in [-0.39, 0.29) is 18.5 Å². The number of hydrogen-bond donors (Lipinski definition) is 2. The summed E-state index contributed by atoms with van der Waals surface area (Å²) in [5.74, 6) is 1.26. The van der Waals surface area contributed by atoms with Gasteiger partial charge in [0.15, 0.2) is 0 Å². The highest BCUT2D eigenvalue weighted by atomic mass is 19.1. The fraction of sp³-hybridized carbons (Fsp3) is 0.333. The zero-order valence-electron chi connectivity index (χ0n) is 10.9. The number of furan rings is 1. The van der Waals surface area contributed by atoms with Gasteiger partial charge in [-0.15, -0.1) is 0 Å². The van der Waals surface area contributed by atoms with Crippen molar-refractivity contribution in [2.75, 3.05) is 6.61 Å². The van der Waals surface area contributed by atoms with Crippen LogP contribution < -0.4 is 5.32 Å². The van der Waals surface area contributed by atoms with Gasteiger partial charge in [-0.05, 0) is 42.8 Å². The van der Waals surface area contributed by atoms with Gasteiger partial charge in [0.2, 0.25) is 0 Å². The van der Waals surface area contributed by atoms with Crippen molar-refractivity contribution in [1.29, 1.82) is 0 Å². The molecule has 3 nitrogen and oxygen atoms in total. The highest BCUT2D eigenvalue weighted by Crippen LogP contribution is 2.22. The maximum Gasteiger partial charge on any atom is 0.134 e.